The van der Waals surface area contributed by atoms with Gasteiger partial charge in [-0.1, -0.05) is 43.2 Å². The summed E-state index contributed by atoms with van der Waals surface area (Å²) in [5, 5.41) is 5.82. The minimum absolute atomic E-state index is 0.0285. The Bertz CT molecular complexity index is 1120. The maximum absolute atomic E-state index is 15.2. The van der Waals surface area contributed by atoms with Crippen molar-refractivity contribution < 1.29 is 13.6 Å². The maximum atomic E-state index is 15.2. The van der Waals surface area contributed by atoms with Gasteiger partial charge in [-0.2, -0.15) is 0 Å². The molecular formula is C23H24F2N6O. The van der Waals surface area contributed by atoms with E-state index in [0.717, 1.165) is 31.7 Å². The van der Waals surface area contributed by atoms with Gasteiger partial charge in [0.05, 0.1) is 11.3 Å². The summed E-state index contributed by atoms with van der Waals surface area (Å²) in [5.41, 5.74) is 12.1. The SMILES string of the molecule is NC(=O)c1cc(F)c(N[C@@H]2CCCCC2N)nc1Nc1ccnc(-c2ccccc2)c1F. The van der Waals surface area contributed by atoms with Crippen LogP contribution >= 0.6 is 0 Å². The Hall–Kier alpha value is -3.59. The van der Waals surface area contributed by atoms with Crippen molar-refractivity contribution in [1.82, 2.24) is 9.97 Å². The molecule has 1 amide bonds. The van der Waals surface area contributed by atoms with Gasteiger partial charge < -0.3 is 22.1 Å². The number of nitrogens with one attached hydrogen (secondary N) is 2. The number of nitrogens with zero attached hydrogens (tertiary/aromatic N) is 2. The molecule has 6 N–H and O–H groups in total. The van der Waals surface area contributed by atoms with Gasteiger partial charge in [-0.05, 0) is 25.0 Å². The number of hydrogen-bond donors (Lipinski definition) is 4. The minimum atomic E-state index is -0.891. The van der Waals surface area contributed by atoms with Crippen LogP contribution in [0.5, 0.6) is 0 Å². The molecule has 32 heavy (non-hydrogen) atoms. The van der Waals surface area contributed by atoms with Crippen molar-refractivity contribution in [2.75, 3.05) is 10.6 Å². The Balaban J connectivity index is 1.69. The summed E-state index contributed by atoms with van der Waals surface area (Å²) in [4.78, 5) is 20.3. The first-order valence-electron chi connectivity index (χ1n) is 10.4. The fraction of sp³-hybridized carbons (Fsp3) is 0.261. The molecule has 7 nitrogen and oxygen atoms in total. The molecule has 1 aliphatic rings. The van der Waals surface area contributed by atoms with E-state index in [4.69, 9.17) is 11.5 Å². The molecule has 1 unspecified atom stereocenters. The lowest BCUT2D eigenvalue weighted by Gasteiger charge is -2.30. The Kier molecular flexibility index (Phi) is 6.27. The van der Waals surface area contributed by atoms with Gasteiger partial charge >= 0.3 is 0 Å². The van der Waals surface area contributed by atoms with Crippen molar-refractivity contribution in [3.8, 4) is 11.3 Å². The van der Waals surface area contributed by atoms with Crippen LogP contribution in [-0.4, -0.2) is 28.0 Å². The fourth-order valence-corrected chi connectivity index (χ4v) is 3.85. The first-order chi connectivity index (χ1) is 15.4. The maximum Gasteiger partial charge on any atom is 0.252 e. The number of halogens is 2. The van der Waals surface area contributed by atoms with Gasteiger partial charge in [0.15, 0.2) is 17.5 Å². The number of nitrogens with two attached hydrogens (primary N) is 2. The summed E-state index contributed by atoms with van der Waals surface area (Å²) in [6, 6.07) is 10.9. The molecule has 2 atom stereocenters. The van der Waals surface area contributed by atoms with Crippen LogP contribution in [0.25, 0.3) is 11.3 Å². The number of benzene rings is 1. The summed E-state index contributed by atoms with van der Waals surface area (Å²) in [5.74, 6) is -2.39. The van der Waals surface area contributed by atoms with Gasteiger partial charge in [0, 0.05) is 23.8 Å². The zero-order valence-electron chi connectivity index (χ0n) is 17.3. The Morgan fingerprint density at radius 2 is 1.81 bits per heavy atom. The van der Waals surface area contributed by atoms with E-state index >= 15 is 4.39 Å². The molecule has 0 spiro atoms. The first kappa shape index (κ1) is 21.6. The van der Waals surface area contributed by atoms with E-state index in [1.54, 1.807) is 24.3 Å². The third-order valence-electron chi connectivity index (χ3n) is 5.57. The highest BCUT2D eigenvalue weighted by Crippen LogP contribution is 2.30. The molecule has 9 heteroatoms. The van der Waals surface area contributed by atoms with Crippen LogP contribution in [-0.2, 0) is 0 Å². The van der Waals surface area contributed by atoms with Gasteiger partial charge in [0.2, 0.25) is 0 Å². The highest BCUT2D eigenvalue weighted by molar-refractivity contribution is 5.98. The predicted octanol–water partition coefficient (Wildman–Crippen LogP) is 3.95. The molecule has 4 rings (SSSR count). The lowest BCUT2D eigenvalue weighted by atomic mass is 9.91. The number of pyridine rings is 2. The van der Waals surface area contributed by atoms with Crippen LogP contribution in [0, 0.1) is 11.6 Å². The summed E-state index contributed by atoms with van der Waals surface area (Å²) < 4.78 is 29.9. The van der Waals surface area contributed by atoms with Gasteiger partial charge in [-0.15, -0.1) is 0 Å². The average molecular weight is 438 g/mol. The largest absolute Gasteiger partial charge is 0.365 e. The number of carbonyl (C=O) groups is 1. The number of aromatic nitrogens is 2. The van der Waals surface area contributed by atoms with E-state index < -0.39 is 17.5 Å². The monoisotopic (exact) mass is 438 g/mol. The molecule has 0 aliphatic heterocycles. The van der Waals surface area contributed by atoms with E-state index in [2.05, 4.69) is 20.6 Å². The predicted molar refractivity (Wildman–Crippen MR) is 119 cm³/mol. The van der Waals surface area contributed by atoms with Crippen molar-refractivity contribution in [3.63, 3.8) is 0 Å². The minimum Gasteiger partial charge on any atom is -0.365 e. The lowest BCUT2D eigenvalue weighted by Crippen LogP contribution is -2.43. The van der Waals surface area contributed by atoms with E-state index in [0.29, 0.717) is 5.56 Å². The molecule has 1 saturated carbocycles. The zero-order chi connectivity index (χ0) is 22.7. The van der Waals surface area contributed by atoms with Crippen LogP contribution in [0.15, 0.2) is 48.7 Å². The number of carbonyl (C=O) groups excluding carboxylic acids is 1. The van der Waals surface area contributed by atoms with E-state index in [9.17, 15) is 9.18 Å². The average Bonchev–Trinajstić information content (AvgIpc) is 2.79. The van der Waals surface area contributed by atoms with Gasteiger partial charge in [-0.3, -0.25) is 9.78 Å². The van der Waals surface area contributed by atoms with Crippen LogP contribution in [0.4, 0.5) is 26.1 Å². The van der Waals surface area contributed by atoms with E-state index in [1.165, 1.54) is 12.3 Å². The molecule has 166 valence electrons. The van der Waals surface area contributed by atoms with Crippen molar-refractivity contribution in [2.45, 2.75) is 37.8 Å². The molecule has 0 radical (unpaired) electrons. The second-order valence-electron chi connectivity index (χ2n) is 7.79. The smallest absolute Gasteiger partial charge is 0.252 e. The summed E-state index contributed by atoms with van der Waals surface area (Å²) in [7, 11) is 0. The van der Waals surface area contributed by atoms with E-state index in [1.807, 2.05) is 6.07 Å². The molecule has 1 fully saturated rings. The van der Waals surface area contributed by atoms with Crippen molar-refractivity contribution in [2.24, 2.45) is 11.5 Å². The summed E-state index contributed by atoms with van der Waals surface area (Å²) >= 11 is 0. The van der Waals surface area contributed by atoms with Crippen LogP contribution in [0.2, 0.25) is 0 Å². The van der Waals surface area contributed by atoms with Crippen molar-refractivity contribution in [1.29, 1.82) is 0 Å². The number of hydrogen-bond acceptors (Lipinski definition) is 6. The molecule has 2 aromatic heterocycles. The standard InChI is InChI=1S/C23H24F2N6O/c24-15-12-14(21(27)32)22(31-23(15)29-17-9-5-4-8-16(17)26)30-18-10-11-28-20(19(18)25)13-6-2-1-3-7-13/h1-3,6-7,10-12,16-17H,4-5,8-9,26H2,(H2,27,32)(H2,28,29,30,31)/t16?,17-/m1/s1. The summed E-state index contributed by atoms with van der Waals surface area (Å²) in [6.45, 7) is 0. The molecule has 1 aromatic carbocycles. The van der Waals surface area contributed by atoms with Crippen LogP contribution in [0.1, 0.15) is 36.0 Å². The van der Waals surface area contributed by atoms with E-state index in [-0.39, 0.29) is 40.7 Å². The van der Waals surface area contributed by atoms with Crippen LogP contribution in [0.3, 0.4) is 0 Å². The molecule has 3 aromatic rings. The number of anilines is 3. The van der Waals surface area contributed by atoms with Crippen LogP contribution < -0.4 is 22.1 Å². The second kappa shape index (κ2) is 9.27. The molecular weight excluding hydrogens is 414 g/mol. The topological polar surface area (TPSA) is 119 Å². The third-order valence-corrected chi connectivity index (χ3v) is 5.57. The molecule has 2 heterocycles. The first-order valence-corrected chi connectivity index (χ1v) is 10.4. The number of amides is 1. The summed E-state index contributed by atoms with van der Waals surface area (Å²) in [6.07, 6.45) is 5.04. The highest BCUT2D eigenvalue weighted by atomic mass is 19.1. The van der Waals surface area contributed by atoms with Gasteiger partial charge in [0.25, 0.3) is 5.91 Å². The quantitative estimate of drug-likeness (QED) is 0.463. The third kappa shape index (κ3) is 4.52. The Labute approximate surface area is 184 Å². The fourth-order valence-electron chi connectivity index (χ4n) is 3.85. The Morgan fingerprint density at radius 3 is 2.53 bits per heavy atom. The molecule has 1 aliphatic carbocycles. The second-order valence-corrected chi connectivity index (χ2v) is 7.79. The Morgan fingerprint density at radius 1 is 1.06 bits per heavy atom. The lowest BCUT2D eigenvalue weighted by molar-refractivity contribution is 0.100. The highest BCUT2D eigenvalue weighted by Gasteiger charge is 2.25. The van der Waals surface area contributed by atoms with Crippen molar-refractivity contribution in [3.05, 3.63) is 65.9 Å². The normalized spacial score (nSPS) is 18.2. The van der Waals surface area contributed by atoms with Crippen molar-refractivity contribution >= 4 is 23.2 Å². The van der Waals surface area contributed by atoms with Gasteiger partial charge in [0.1, 0.15) is 11.5 Å². The van der Waals surface area contributed by atoms with Gasteiger partial charge in [-0.25, -0.2) is 13.8 Å². The molecule has 0 bridgehead atoms. The zero-order valence-corrected chi connectivity index (χ0v) is 17.3. The molecule has 0 saturated heterocycles. The number of primary amides is 1. The number of rotatable bonds is 6.